The number of hydrogen-bond donors (Lipinski definition) is 1. The second kappa shape index (κ2) is 5.36. The van der Waals surface area contributed by atoms with Crippen LogP contribution in [0.2, 0.25) is 0 Å². The van der Waals surface area contributed by atoms with E-state index in [1.165, 1.54) is 17.5 Å². The van der Waals surface area contributed by atoms with Crippen LogP contribution in [0.1, 0.15) is 6.42 Å². The summed E-state index contributed by atoms with van der Waals surface area (Å²) in [4.78, 5) is 0.0874. The summed E-state index contributed by atoms with van der Waals surface area (Å²) in [5.41, 5.74) is 6.05. The highest BCUT2D eigenvalue weighted by Gasteiger charge is 2.32. The first-order valence-electron chi connectivity index (χ1n) is 5.96. The van der Waals surface area contributed by atoms with E-state index < -0.39 is 10.0 Å². The van der Waals surface area contributed by atoms with Crippen LogP contribution in [0.25, 0.3) is 0 Å². The van der Waals surface area contributed by atoms with Gasteiger partial charge in [-0.15, -0.1) is 0 Å². The van der Waals surface area contributed by atoms with Gasteiger partial charge in [-0.1, -0.05) is 0 Å². The highest BCUT2D eigenvalue weighted by atomic mass is 32.2. The zero-order chi connectivity index (χ0) is 14.0. The lowest BCUT2D eigenvalue weighted by atomic mass is 10.3. The monoisotopic (exact) mass is 286 g/mol. The lowest BCUT2D eigenvalue weighted by Gasteiger charge is -2.23. The molecule has 1 aromatic rings. The van der Waals surface area contributed by atoms with Crippen molar-refractivity contribution < 1.29 is 17.9 Å². The second-order valence-electron chi connectivity index (χ2n) is 4.45. The third-order valence-electron chi connectivity index (χ3n) is 3.26. The van der Waals surface area contributed by atoms with Crippen LogP contribution in [0, 0.1) is 0 Å². The van der Waals surface area contributed by atoms with Gasteiger partial charge in [-0.2, -0.15) is 4.31 Å². The molecule has 0 aliphatic carbocycles. The number of benzene rings is 1. The number of methoxy groups -OCH3 is 1. The van der Waals surface area contributed by atoms with Crippen molar-refractivity contribution in [1.29, 1.82) is 0 Å². The van der Waals surface area contributed by atoms with Gasteiger partial charge < -0.3 is 15.2 Å². The molecule has 19 heavy (non-hydrogen) atoms. The molecule has 0 spiro atoms. The molecule has 1 fully saturated rings. The number of ether oxygens (including phenoxy) is 2. The number of hydrogen-bond acceptors (Lipinski definition) is 5. The Morgan fingerprint density at radius 3 is 2.79 bits per heavy atom. The molecule has 1 aliphatic rings. The van der Waals surface area contributed by atoms with Crippen LogP contribution in [0.3, 0.4) is 0 Å². The van der Waals surface area contributed by atoms with Gasteiger partial charge in [0.25, 0.3) is 0 Å². The molecule has 2 rings (SSSR count). The van der Waals surface area contributed by atoms with Gasteiger partial charge in [0.2, 0.25) is 10.0 Å². The molecule has 1 heterocycles. The van der Waals surface area contributed by atoms with Crippen molar-refractivity contribution in [2.45, 2.75) is 17.4 Å². The Labute approximate surface area is 113 Å². The van der Waals surface area contributed by atoms with E-state index in [-0.39, 0.29) is 10.9 Å². The molecule has 0 amide bonds. The molecule has 0 radical (unpaired) electrons. The van der Waals surface area contributed by atoms with Gasteiger partial charge in [0.1, 0.15) is 10.6 Å². The molecular formula is C12H18N2O4S. The largest absolute Gasteiger partial charge is 0.495 e. The summed E-state index contributed by atoms with van der Waals surface area (Å²) in [5.74, 6) is 0.292. The number of anilines is 1. The van der Waals surface area contributed by atoms with Gasteiger partial charge >= 0.3 is 0 Å². The Hall–Kier alpha value is -1.31. The highest BCUT2D eigenvalue weighted by molar-refractivity contribution is 7.89. The smallest absolute Gasteiger partial charge is 0.246 e. The zero-order valence-corrected chi connectivity index (χ0v) is 11.8. The summed E-state index contributed by atoms with van der Waals surface area (Å²) < 4.78 is 36.8. The zero-order valence-electron chi connectivity index (χ0n) is 11.0. The first kappa shape index (κ1) is 14.1. The fourth-order valence-electron chi connectivity index (χ4n) is 2.06. The summed E-state index contributed by atoms with van der Waals surface area (Å²) in [6, 6.07) is 4.44. The maximum atomic E-state index is 12.6. The van der Waals surface area contributed by atoms with E-state index in [9.17, 15) is 8.42 Å². The van der Waals surface area contributed by atoms with Crippen LogP contribution in [-0.4, -0.2) is 46.1 Å². The molecule has 6 nitrogen and oxygen atoms in total. The van der Waals surface area contributed by atoms with Gasteiger partial charge in [-0.25, -0.2) is 8.42 Å². The molecule has 1 unspecified atom stereocenters. The van der Waals surface area contributed by atoms with Crippen molar-refractivity contribution in [2.75, 3.05) is 33.1 Å². The van der Waals surface area contributed by atoms with E-state index in [1.807, 2.05) is 0 Å². The lowest BCUT2D eigenvalue weighted by molar-refractivity contribution is 0.180. The average Bonchev–Trinajstić information content (AvgIpc) is 2.91. The molecule has 0 saturated carbocycles. The summed E-state index contributed by atoms with van der Waals surface area (Å²) in [7, 11) is -0.653. The first-order valence-corrected chi connectivity index (χ1v) is 7.40. The SMILES string of the molecule is COc1ccc(N)cc1S(=O)(=O)N(C)C1CCOC1. The fourth-order valence-corrected chi connectivity index (χ4v) is 3.61. The van der Waals surface area contributed by atoms with E-state index >= 15 is 0 Å². The third kappa shape index (κ3) is 2.68. The molecule has 1 aromatic carbocycles. The van der Waals surface area contributed by atoms with Crippen molar-refractivity contribution in [1.82, 2.24) is 4.31 Å². The number of rotatable bonds is 4. The van der Waals surface area contributed by atoms with Gasteiger partial charge in [-0.3, -0.25) is 0 Å². The van der Waals surface area contributed by atoms with Gasteiger partial charge in [0, 0.05) is 19.3 Å². The van der Waals surface area contributed by atoms with E-state index in [0.29, 0.717) is 31.1 Å². The van der Waals surface area contributed by atoms with Crippen molar-refractivity contribution in [3.8, 4) is 5.75 Å². The standard InChI is InChI=1S/C12H18N2O4S/c1-14(10-5-6-18-8-10)19(15,16)12-7-9(13)3-4-11(12)17-2/h3-4,7,10H,5-6,8,13H2,1-2H3. The van der Waals surface area contributed by atoms with Crippen LogP contribution < -0.4 is 10.5 Å². The minimum atomic E-state index is -3.64. The quantitative estimate of drug-likeness (QED) is 0.823. The van der Waals surface area contributed by atoms with Crippen LogP contribution >= 0.6 is 0 Å². The maximum absolute atomic E-state index is 12.6. The molecule has 7 heteroatoms. The molecule has 0 aromatic heterocycles. The lowest BCUT2D eigenvalue weighted by Crippen LogP contribution is -2.37. The molecule has 0 bridgehead atoms. The first-order chi connectivity index (χ1) is 8.96. The maximum Gasteiger partial charge on any atom is 0.246 e. The number of sulfonamides is 1. The third-order valence-corrected chi connectivity index (χ3v) is 5.20. The minimum Gasteiger partial charge on any atom is -0.495 e. The van der Waals surface area contributed by atoms with E-state index in [0.717, 1.165) is 0 Å². The van der Waals surface area contributed by atoms with Crippen LogP contribution in [0.5, 0.6) is 5.75 Å². The summed E-state index contributed by atoms with van der Waals surface area (Å²) in [6.07, 6.45) is 0.695. The molecular weight excluding hydrogens is 268 g/mol. The number of nitrogens with two attached hydrogens (primary N) is 1. The van der Waals surface area contributed by atoms with Crippen LogP contribution in [-0.2, 0) is 14.8 Å². The summed E-state index contributed by atoms with van der Waals surface area (Å²) >= 11 is 0. The van der Waals surface area contributed by atoms with E-state index in [4.69, 9.17) is 15.2 Å². The Balaban J connectivity index is 2.40. The van der Waals surface area contributed by atoms with E-state index in [1.54, 1.807) is 19.2 Å². The molecule has 1 saturated heterocycles. The normalized spacial score (nSPS) is 19.8. The summed E-state index contributed by atoms with van der Waals surface area (Å²) in [5, 5.41) is 0. The Morgan fingerprint density at radius 2 is 2.21 bits per heavy atom. The Bertz CT molecular complexity index is 553. The molecule has 106 valence electrons. The van der Waals surface area contributed by atoms with Crippen LogP contribution in [0.15, 0.2) is 23.1 Å². The van der Waals surface area contributed by atoms with Gasteiger partial charge in [0.15, 0.2) is 0 Å². The molecule has 2 N–H and O–H groups in total. The van der Waals surface area contributed by atoms with Gasteiger partial charge in [-0.05, 0) is 24.6 Å². The predicted molar refractivity (Wildman–Crippen MR) is 71.6 cm³/mol. The minimum absolute atomic E-state index is 0.0874. The average molecular weight is 286 g/mol. The number of nitrogens with zero attached hydrogens (tertiary/aromatic N) is 1. The van der Waals surface area contributed by atoms with Crippen molar-refractivity contribution in [3.05, 3.63) is 18.2 Å². The van der Waals surface area contributed by atoms with E-state index in [2.05, 4.69) is 0 Å². The number of likely N-dealkylation sites (N-methyl/N-ethyl adjacent to an activating group) is 1. The van der Waals surface area contributed by atoms with Crippen molar-refractivity contribution in [2.24, 2.45) is 0 Å². The Morgan fingerprint density at radius 1 is 1.47 bits per heavy atom. The highest BCUT2D eigenvalue weighted by Crippen LogP contribution is 2.30. The molecule has 1 atom stereocenters. The van der Waals surface area contributed by atoms with Crippen molar-refractivity contribution in [3.63, 3.8) is 0 Å². The second-order valence-corrected chi connectivity index (χ2v) is 6.41. The molecule has 1 aliphatic heterocycles. The fraction of sp³-hybridized carbons (Fsp3) is 0.500. The summed E-state index contributed by atoms with van der Waals surface area (Å²) in [6.45, 7) is 0.999. The van der Waals surface area contributed by atoms with Crippen LogP contribution in [0.4, 0.5) is 5.69 Å². The Kier molecular flexibility index (Phi) is 3.98. The number of nitrogen functional groups attached to an aromatic ring is 1. The van der Waals surface area contributed by atoms with Gasteiger partial charge in [0.05, 0.1) is 19.8 Å². The van der Waals surface area contributed by atoms with Crippen molar-refractivity contribution >= 4 is 15.7 Å². The predicted octanol–water partition coefficient (Wildman–Crippen LogP) is 0.687. The topological polar surface area (TPSA) is 81.9 Å².